The molecule has 8 heteroatoms. The Morgan fingerprint density at radius 1 is 1.26 bits per heavy atom. The lowest BCUT2D eigenvalue weighted by Gasteiger charge is -2.08. The third-order valence-corrected chi connectivity index (χ3v) is 5.40. The van der Waals surface area contributed by atoms with Gasteiger partial charge in [0.15, 0.2) is 0 Å². The van der Waals surface area contributed by atoms with Gasteiger partial charge in [-0.2, -0.15) is 0 Å². The Balaban J connectivity index is 2.39. The van der Waals surface area contributed by atoms with Crippen LogP contribution >= 0.6 is 34.5 Å². The Morgan fingerprint density at radius 2 is 1.95 bits per heavy atom. The molecule has 0 spiro atoms. The van der Waals surface area contributed by atoms with Crippen LogP contribution in [0.5, 0.6) is 0 Å². The smallest absolute Gasteiger partial charge is 0.264 e. The lowest BCUT2D eigenvalue weighted by molar-refractivity contribution is 0.599. The summed E-state index contributed by atoms with van der Waals surface area (Å²) in [5, 5.41) is 0. The molecule has 0 aliphatic carbocycles. The fourth-order valence-corrected chi connectivity index (χ4v) is 4.63. The molecule has 1 N–H and O–H groups in total. The van der Waals surface area contributed by atoms with Gasteiger partial charge < -0.3 is 0 Å². The molecule has 0 radical (unpaired) electrons. The number of hydrogen-bond donors (Lipinski definition) is 1. The van der Waals surface area contributed by atoms with Crippen LogP contribution in [0.2, 0.25) is 8.67 Å². The van der Waals surface area contributed by atoms with Gasteiger partial charge in [-0.15, -0.1) is 11.3 Å². The molecule has 1 heterocycles. The topological polar surface area (TPSA) is 46.2 Å². The van der Waals surface area contributed by atoms with Crippen molar-refractivity contribution < 1.29 is 12.8 Å². The minimum Gasteiger partial charge on any atom is -0.277 e. The number of benzene rings is 1. The van der Waals surface area contributed by atoms with E-state index < -0.39 is 15.8 Å². The molecule has 3 nitrogen and oxygen atoms in total. The van der Waals surface area contributed by atoms with Crippen molar-refractivity contribution in [3.05, 3.63) is 44.3 Å². The van der Waals surface area contributed by atoms with Gasteiger partial charge in [0, 0.05) is 0 Å². The van der Waals surface area contributed by atoms with E-state index in [1.165, 1.54) is 18.2 Å². The molecule has 0 saturated carbocycles. The van der Waals surface area contributed by atoms with E-state index in [0.29, 0.717) is 5.56 Å². The molecular formula is C11H8Cl2FNO2S2. The lowest BCUT2D eigenvalue weighted by Crippen LogP contribution is -2.13. The summed E-state index contributed by atoms with van der Waals surface area (Å²) in [7, 11) is -3.95. The van der Waals surface area contributed by atoms with Crippen molar-refractivity contribution in [3.63, 3.8) is 0 Å². The number of rotatable bonds is 3. The van der Waals surface area contributed by atoms with Gasteiger partial charge in [-0.25, -0.2) is 12.8 Å². The Kier molecular flexibility index (Phi) is 4.06. The normalized spacial score (nSPS) is 11.6. The summed E-state index contributed by atoms with van der Waals surface area (Å²) < 4.78 is 40.2. The fourth-order valence-electron chi connectivity index (χ4n) is 1.41. The van der Waals surface area contributed by atoms with E-state index in [9.17, 15) is 12.8 Å². The highest BCUT2D eigenvalue weighted by Gasteiger charge is 2.22. The second-order valence-corrected chi connectivity index (χ2v) is 7.71. The van der Waals surface area contributed by atoms with Gasteiger partial charge in [0.05, 0.1) is 10.0 Å². The first-order chi connectivity index (χ1) is 8.79. The minimum atomic E-state index is -3.95. The van der Waals surface area contributed by atoms with Crippen LogP contribution in [0.25, 0.3) is 0 Å². The summed E-state index contributed by atoms with van der Waals surface area (Å²) in [4.78, 5) is -0.163. The second kappa shape index (κ2) is 5.28. The molecule has 1 aromatic carbocycles. The minimum absolute atomic E-state index is 0.0324. The summed E-state index contributed by atoms with van der Waals surface area (Å²) in [5.74, 6) is -0.652. The van der Waals surface area contributed by atoms with Gasteiger partial charge >= 0.3 is 0 Å². The summed E-state index contributed by atoms with van der Waals surface area (Å²) in [5.41, 5.74) is 0.557. The molecule has 2 rings (SSSR count). The highest BCUT2D eigenvalue weighted by molar-refractivity contribution is 7.93. The third kappa shape index (κ3) is 3.20. The SMILES string of the molecule is Cc1ccc(NS(=O)(=O)c2cc(Cl)sc2Cl)c(F)c1. The first-order valence-electron chi connectivity index (χ1n) is 5.03. The van der Waals surface area contributed by atoms with Gasteiger partial charge in [-0.1, -0.05) is 29.3 Å². The zero-order valence-corrected chi connectivity index (χ0v) is 12.7. The van der Waals surface area contributed by atoms with E-state index in [1.54, 1.807) is 13.0 Å². The Hall–Kier alpha value is -0.820. The average Bonchev–Trinajstić information content (AvgIpc) is 2.63. The first kappa shape index (κ1) is 14.6. The van der Waals surface area contributed by atoms with Gasteiger partial charge in [-0.05, 0) is 30.7 Å². The van der Waals surface area contributed by atoms with Crippen LogP contribution < -0.4 is 4.72 Å². The maximum absolute atomic E-state index is 13.6. The maximum atomic E-state index is 13.6. The van der Waals surface area contributed by atoms with Crippen LogP contribution in [-0.4, -0.2) is 8.42 Å². The molecule has 0 bridgehead atoms. The summed E-state index contributed by atoms with van der Waals surface area (Å²) in [6.45, 7) is 1.71. The van der Waals surface area contributed by atoms with E-state index in [-0.39, 0.29) is 19.3 Å². The molecule has 0 amide bonds. The molecule has 0 unspecified atom stereocenters. The maximum Gasteiger partial charge on any atom is 0.264 e. The molecule has 2 aromatic rings. The number of thiophene rings is 1. The number of anilines is 1. The molecule has 0 aliphatic rings. The van der Waals surface area contributed by atoms with Crippen molar-refractivity contribution in [3.8, 4) is 0 Å². The number of aryl methyl sites for hydroxylation is 1. The van der Waals surface area contributed by atoms with Crippen LogP contribution in [0.3, 0.4) is 0 Å². The van der Waals surface area contributed by atoms with Crippen molar-refractivity contribution in [1.29, 1.82) is 0 Å². The molecule has 19 heavy (non-hydrogen) atoms. The fraction of sp³-hybridized carbons (Fsp3) is 0.0909. The lowest BCUT2D eigenvalue weighted by atomic mass is 10.2. The molecule has 0 atom stereocenters. The summed E-state index contributed by atoms with van der Waals surface area (Å²) in [6, 6.07) is 5.41. The van der Waals surface area contributed by atoms with Crippen LogP contribution in [0, 0.1) is 12.7 Å². The predicted molar refractivity (Wildman–Crippen MR) is 76.3 cm³/mol. The molecule has 102 valence electrons. The number of sulfonamides is 1. The van der Waals surface area contributed by atoms with Crippen LogP contribution in [-0.2, 0) is 10.0 Å². The monoisotopic (exact) mass is 339 g/mol. The Labute approximate surface area is 124 Å². The summed E-state index contributed by atoms with van der Waals surface area (Å²) >= 11 is 12.4. The molecule has 0 aliphatic heterocycles. The van der Waals surface area contributed by atoms with Gasteiger partial charge in [0.1, 0.15) is 15.0 Å². The van der Waals surface area contributed by atoms with Gasteiger partial charge in [-0.3, -0.25) is 4.72 Å². The second-order valence-electron chi connectivity index (χ2n) is 3.78. The van der Waals surface area contributed by atoms with Gasteiger partial charge in [0.25, 0.3) is 10.0 Å². The van der Waals surface area contributed by atoms with E-state index >= 15 is 0 Å². The molecule has 0 saturated heterocycles. The number of halogens is 3. The van der Waals surface area contributed by atoms with Crippen molar-refractivity contribution in [1.82, 2.24) is 0 Å². The van der Waals surface area contributed by atoms with Crippen molar-refractivity contribution in [2.75, 3.05) is 4.72 Å². The third-order valence-electron chi connectivity index (χ3n) is 2.28. The van der Waals surface area contributed by atoms with Crippen molar-refractivity contribution in [2.24, 2.45) is 0 Å². The van der Waals surface area contributed by atoms with Crippen molar-refractivity contribution in [2.45, 2.75) is 11.8 Å². The quantitative estimate of drug-likeness (QED) is 0.905. The van der Waals surface area contributed by atoms with E-state index in [4.69, 9.17) is 23.2 Å². The zero-order chi connectivity index (χ0) is 14.2. The van der Waals surface area contributed by atoms with Crippen molar-refractivity contribution >= 4 is 50.2 Å². The van der Waals surface area contributed by atoms with Crippen LogP contribution in [0.15, 0.2) is 29.2 Å². The standard InChI is InChI=1S/C11H8Cl2FNO2S2/c1-6-2-3-8(7(14)4-6)15-19(16,17)9-5-10(12)18-11(9)13/h2-5,15H,1H3. The van der Waals surface area contributed by atoms with E-state index in [0.717, 1.165) is 11.3 Å². The van der Waals surface area contributed by atoms with Crippen LogP contribution in [0.4, 0.5) is 10.1 Å². The highest BCUT2D eigenvalue weighted by atomic mass is 35.5. The number of hydrogen-bond acceptors (Lipinski definition) is 3. The molecular weight excluding hydrogens is 332 g/mol. The highest BCUT2D eigenvalue weighted by Crippen LogP contribution is 2.35. The Bertz CT molecular complexity index is 728. The summed E-state index contributed by atoms with van der Waals surface area (Å²) in [6.07, 6.45) is 0. The largest absolute Gasteiger partial charge is 0.277 e. The van der Waals surface area contributed by atoms with E-state index in [2.05, 4.69) is 4.72 Å². The average molecular weight is 340 g/mol. The van der Waals surface area contributed by atoms with Crippen LogP contribution in [0.1, 0.15) is 5.56 Å². The zero-order valence-electron chi connectivity index (χ0n) is 9.58. The molecule has 1 aromatic heterocycles. The molecule has 0 fully saturated rings. The van der Waals surface area contributed by atoms with E-state index in [1.807, 2.05) is 0 Å². The van der Waals surface area contributed by atoms with Gasteiger partial charge in [0.2, 0.25) is 0 Å². The number of nitrogens with one attached hydrogen (secondary N) is 1. The Morgan fingerprint density at radius 3 is 2.47 bits per heavy atom. The predicted octanol–water partition coefficient (Wildman–Crippen LogP) is 4.30. The first-order valence-corrected chi connectivity index (χ1v) is 8.09.